The van der Waals surface area contributed by atoms with Crippen LogP contribution in [0.4, 0.5) is 0 Å². The van der Waals surface area contributed by atoms with E-state index >= 15 is 0 Å². The van der Waals surface area contributed by atoms with Crippen LogP contribution in [0.25, 0.3) is 0 Å². The number of nitrogens with zero attached hydrogens (tertiary/aromatic N) is 2. The Balaban J connectivity index is 1.48. The van der Waals surface area contributed by atoms with Crippen molar-refractivity contribution in [3.8, 4) is 0 Å². The topological polar surface area (TPSA) is 52.8 Å². The number of hydrogen-bond donors (Lipinski definition) is 2. The maximum absolute atomic E-state index is 5.37. The van der Waals surface area contributed by atoms with E-state index in [1.165, 1.54) is 12.0 Å². The summed E-state index contributed by atoms with van der Waals surface area (Å²) in [7, 11) is 0. The van der Waals surface area contributed by atoms with Crippen molar-refractivity contribution < 1.29 is 4.42 Å². The number of aliphatic imine (C=N–C) groups is 1. The Labute approximate surface area is 154 Å². The second kappa shape index (κ2) is 9.06. The van der Waals surface area contributed by atoms with Crippen LogP contribution in [0.15, 0.2) is 39.3 Å². The predicted octanol–water partition coefficient (Wildman–Crippen LogP) is 2.89. The molecule has 0 aromatic carbocycles. The summed E-state index contributed by atoms with van der Waals surface area (Å²) in [6, 6.07) is 6.63. The van der Waals surface area contributed by atoms with E-state index in [9.17, 15) is 0 Å². The summed E-state index contributed by atoms with van der Waals surface area (Å²) in [6.07, 6.45) is 3.75. The molecule has 0 saturated heterocycles. The molecule has 0 saturated carbocycles. The van der Waals surface area contributed by atoms with E-state index in [0.29, 0.717) is 6.04 Å². The molecule has 0 aliphatic carbocycles. The summed E-state index contributed by atoms with van der Waals surface area (Å²) in [5, 5.41) is 8.93. The highest BCUT2D eigenvalue weighted by Gasteiger charge is 2.21. The largest absolute Gasteiger partial charge is 0.469 e. The van der Waals surface area contributed by atoms with E-state index in [2.05, 4.69) is 40.8 Å². The van der Waals surface area contributed by atoms with Crippen molar-refractivity contribution in [2.75, 3.05) is 26.2 Å². The summed E-state index contributed by atoms with van der Waals surface area (Å²) in [4.78, 5) is 8.86. The lowest BCUT2D eigenvalue weighted by atomic mass is 10.1. The van der Waals surface area contributed by atoms with Gasteiger partial charge in [0.2, 0.25) is 0 Å². The molecule has 1 aliphatic rings. The van der Waals surface area contributed by atoms with Gasteiger partial charge < -0.3 is 15.1 Å². The van der Waals surface area contributed by atoms with Crippen LogP contribution in [-0.2, 0) is 19.4 Å². The molecule has 136 valence electrons. The predicted molar refractivity (Wildman–Crippen MR) is 104 cm³/mol. The first-order chi connectivity index (χ1) is 12.3. The van der Waals surface area contributed by atoms with Crippen molar-refractivity contribution in [2.45, 2.75) is 39.3 Å². The van der Waals surface area contributed by atoms with E-state index in [1.807, 2.05) is 23.5 Å². The summed E-state index contributed by atoms with van der Waals surface area (Å²) in [6.45, 7) is 9.03. The smallest absolute Gasteiger partial charge is 0.191 e. The number of rotatable bonds is 7. The molecule has 2 N–H and O–H groups in total. The highest BCUT2D eigenvalue weighted by atomic mass is 32.1. The molecule has 0 spiro atoms. The zero-order valence-electron chi connectivity index (χ0n) is 15.1. The number of nitrogens with one attached hydrogen (secondary N) is 2. The molecule has 1 aliphatic heterocycles. The van der Waals surface area contributed by atoms with E-state index in [4.69, 9.17) is 9.41 Å². The fraction of sp³-hybridized carbons (Fsp3) is 0.526. The lowest BCUT2D eigenvalue weighted by Crippen LogP contribution is -2.41. The molecule has 0 radical (unpaired) electrons. The SMILES string of the molecule is CCNC(=NCC(C)N1CCc2sccc2C1)NCCc1ccco1. The molecular weight excluding hydrogens is 332 g/mol. The third kappa shape index (κ3) is 5.09. The van der Waals surface area contributed by atoms with Gasteiger partial charge in [-0.05, 0) is 49.4 Å². The number of fused-ring (bicyclic) bond motifs is 1. The van der Waals surface area contributed by atoms with Gasteiger partial charge in [0.05, 0.1) is 12.8 Å². The standard InChI is InChI=1S/C19H28N4OS/c1-3-20-19(21-9-6-17-5-4-11-24-17)22-13-15(2)23-10-7-18-16(14-23)8-12-25-18/h4-5,8,11-12,15H,3,6-7,9-10,13-14H2,1-2H3,(H2,20,21,22). The monoisotopic (exact) mass is 360 g/mol. The summed E-state index contributed by atoms with van der Waals surface area (Å²) < 4.78 is 5.37. The Bertz CT molecular complexity index is 665. The third-order valence-corrected chi connectivity index (χ3v) is 5.59. The average Bonchev–Trinajstić information content (AvgIpc) is 3.30. The molecular formula is C19H28N4OS. The highest BCUT2D eigenvalue weighted by molar-refractivity contribution is 7.10. The number of guanidine groups is 1. The first-order valence-corrected chi connectivity index (χ1v) is 9.98. The average molecular weight is 361 g/mol. The van der Waals surface area contributed by atoms with E-state index < -0.39 is 0 Å². The lowest BCUT2D eigenvalue weighted by molar-refractivity contribution is 0.197. The van der Waals surface area contributed by atoms with Gasteiger partial charge in [0.15, 0.2) is 5.96 Å². The first-order valence-electron chi connectivity index (χ1n) is 9.10. The van der Waals surface area contributed by atoms with Crippen LogP contribution < -0.4 is 10.6 Å². The number of thiophene rings is 1. The van der Waals surface area contributed by atoms with E-state index in [-0.39, 0.29) is 0 Å². The maximum Gasteiger partial charge on any atom is 0.191 e. The summed E-state index contributed by atoms with van der Waals surface area (Å²) in [5.74, 6) is 1.88. The van der Waals surface area contributed by atoms with Gasteiger partial charge in [-0.2, -0.15) is 0 Å². The Morgan fingerprint density at radius 2 is 2.32 bits per heavy atom. The fourth-order valence-electron chi connectivity index (χ4n) is 3.09. The minimum Gasteiger partial charge on any atom is -0.469 e. The fourth-order valence-corrected chi connectivity index (χ4v) is 3.98. The maximum atomic E-state index is 5.37. The minimum atomic E-state index is 0.438. The van der Waals surface area contributed by atoms with Gasteiger partial charge >= 0.3 is 0 Å². The molecule has 2 aromatic rings. The second-order valence-corrected chi connectivity index (χ2v) is 7.41. The number of furan rings is 1. The molecule has 0 fully saturated rings. The van der Waals surface area contributed by atoms with Gasteiger partial charge in [-0.15, -0.1) is 11.3 Å². The quantitative estimate of drug-likeness (QED) is 0.589. The van der Waals surface area contributed by atoms with Gasteiger partial charge in [0.25, 0.3) is 0 Å². The zero-order chi connectivity index (χ0) is 17.5. The Hall–Kier alpha value is -1.79. The molecule has 6 heteroatoms. The van der Waals surface area contributed by atoms with Crippen LogP contribution in [0.2, 0.25) is 0 Å². The molecule has 3 rings (SSSR count). The van der Waals surface area contributed by atoms with Crippen LogP contribution in [0.3, 0.4) is 0 Å². The van der Waals surface area contributed by atoms with Crippen LogP contribution in [0.1, 0.15) is 30.0 Å². The Morgan fingerprint density at radius 1 is 1.40 bits per heavy atom. The minimum absolute atomic E-state index is 0.438. The van der Waals surface area contributed by atoms with Crippen molar-refractivity contribution in [1.29, 1.82) is 0 Å². The molecule has 1 unspecified atom stereocenters. The normalized spacial score (nSPS) is 16.5. The van der Waals surface area contributed by atoms with Gasteiger partial charge in [0, 0.05) is 43.5 Å². The Morgan fingerprint density at radius 3 is 3.12 bits per heavy atom. The molecule has 2 aromatic heterocycles. The highest BCUT2D eigenvalue weighted by Crippen LogP contribution is 2.25. The molecule has 0 bridgehead atoms. The van der Waals surface area contributed by atoms with Gasteiger partial charge in [0.1, 0.15) is 5.76 Å². The van der Waals surface area contributed by atoms with Crippen LogP contribution >= 0.6 is 11.3 Å². The van der Waals surface area contributed by atoms with Crippen LogP contribution in [0.5, 0.6) is 0 Å². The van der Waals surface area contributed by atoms with Crippen molar-refractivity contribution >= 4 is 17.3 Å². The molecule has 5 nitrogen and oxygen atoms in total. The van der Waals surface area contributed by atoms with Crippen molar-refractivity contribution in [3.05, 3.63) is 46.0 Å². The van der Waals surface area contributed by atoms with Gasteiger partial charge in [-0.1, -0.05) is 0 Å². The third-order valence-electron chi connectivity index (χ3n) is 4.56. The first kappa shape index (κ1) is 18.0. The lowest BCUT2D eigenvalue weighted by Gasteiger charge is -2.31. The molecule has 1 atom stereocenters. The summed E-state index contributed by atoms with van der Waals surface area (Å²) in [5.41, 5.74) is 1.50. The van der Waals surface area contributed by atoms with Gasteiger partial charge in [-0.3, -0.25) is 9.89 Å². The summed E-state index contributed by atoms with van der Waals surface area (Å²) >= 11 is 1.89. The van der Waals surface area contributed by atoms with Crippen LogP contribution in [0, 0.1) is 0 Å². The van der Waals surface area contributed by atoms with E-state index in [1.54, 1.807) is 11.1 Å². The Kier molecular flexibility index (Phi) is 6.53. The van der Waals surface area contributed by atoms with Crippen molar-refractivity contribution in [2.24, 2.45) is 4.99 Å². The van der Waals surface area contributed by atoms with Crippen molar-refractivity contribution in [1.82, 2.24) is 15.5 Å². The molecule has 25 heavy (non-hydrogen) atoms. The van der Waals surface area contributed by atoms with Crippen molar-refractivity contribution in [3.63, 3.8) is 0 Å². The molecule has 0 amide bonds. The van der Waals surface area contributed by atoms with Gasteiger partial charge in [-0.25, -0.2) is 0 Å². The molecule has 3 heterocycles. The zero-order valence-corrected chi connectivity index (χ0v) is 15.9. The van der Waals surface area contributed by atoms with Crippen LogP contribution in [-0.4, -0.2) is 43.1 Å². The second-order valence-electron chi connectivity index (χ2n) is 6.41. The van der Waals surface area contributed by atoms with E-state index in [0.717, 1.165) is 50.9 Å². The number of hydrogen-bond acceptors (Lipinski definition) is 4.